The standard InChI is InChI=1S/C34H28BrNO5/c1-21-19-27(31(38)23-11-7-5-8-12-23)29(28(20-21)32(39)24-13-9-6-10-14-24)36-22(2)30(37)25-15-17-26(18-16-25)41-33(40)34(3,4)35/h5-20H,1-4H3. The van der Waals surface area contributed by atoms with Crippen LogP contribution in [0.5, 0.6) is 5.75 Å². The number of carbonyl (C=O) groups excluding carboxylic acids is 4. The molecule has 0 bridgehead atoms. The number of Topliss-reactive ketones (excluding diaryl/α,β-unsaturated/α-hetero) is 1. The molecule has 0 aromatic heterocycles. The molecule has 0 N–H and O–H groups in total. The first kappa shape index (κ1) is 29.5. The van der Waals surface area contributed by atoms with Crippen LogP contribution in [0.2, 0.25) is 0 Å². The molecule has 0 aliphatic heterocycles. The number of aliphatic imine (C=N–C) groups is 1. The summed E-state index contributed by atoms with van der Waals surface area (Å²) in [6.07, 6.45) is 0. The van der Waals surface area contributed by atoms with Gasteiger partial charge in [0.05, 0.1) is 11.4 Å². The summed E-state index contributed by atoms with van der Waals surface area (Å²) in [5.74, 6) is -1.20. The minimum atomic E-state index is -0.859. The largest absolute Gasteiger partial charge is 0.426 e. The van der Waals surface area contributed by atoms with Crippen molar-refractivity contribution >= 4 is 50.6 Å². The molecule has 0 fully saturated rings. The van der Waals surface area contributed by atoms with Gasteiger partial charge in [0.15, 0.2) is 11.6 Å². The zero-order valence-electron chi connectivity index (χ0n) is 23.1. The third-order valence-electron chi connectivity index (χ3n) is 6.24. The second-order valence-electron chi connectivity index (χ2n) is 10.0. The summed E-state index contributed by atoms with van der Waals surface area (Å²) in [7, 11) is 0. The summed E-state index contributed by atoms with van der Waals surface area (Å²) < 4.78 is 4.49. The SMILES string of the molecule is CC(=Nc1c(C(=O)c2ccccc2)cc(C)cc1C(=O)c1ccccc1)C(=O)c1ccc(OC(=O)C(C)(C)Br)cc1. The highest BCUT2D eigenvalue weighted by atomic mass is 79.9. The summed E-state index contributed by atoms with van der Waals surface area (Å²) in [4.78, 5) is 57.4. The lowest BCUT2D eigenvalue weighted by Crippen LogP contribution is -2.29. The zero-order valence-corrected chi connectivity index (χ0v) is 24.7. The van der Waals surface area contributed by atoms with Crippen LogP contribution in [-0.2, 0) is 4.79 Å². The fourth-order valence-electron chi connectivity index (χ4n) is 4.07. The molecule has 0 amide bonds. The van der Waals surface area contributed by atoms with Gasteiger partial charge in [0.1, 0.15) is 10.1 Å². The van der Waals surface area contributed by atoms with Crippen molar-refractivity contribution in [1.29, 1.82) is 0 Å². The Morgan fingerprint density at radius 3 is 1.61 bits per heavy atom. The fraction of sp³-hybridized carbons (Fsp3) is 0.147. The summed E-state index contributed by atoms with van der Waals surface area (Å²) in [6.45, 7) is 6.69. The van der Waals surface area contributed by atoms with Gasteiger partial charge < -0.3 is 4.74 Å². The number of hydrogen-bond donors (Lipinski definition) is 0. The van der Waals surface area contributed by atoms with Crippen LogP contribution in [0.4, 0.5) is 5.69 Å². The maximum Gasteiger partial charge on any atom is 0.327 e. The molecule has 7 heteroatoms. The number of halogens is 1. The Labute approximate surface area is 247 Å². The van der Waals surface area contributed by atoms with Crippen LogP contribution in [0.3, 0.4) is 0 Å². The average molecular weight is 611 g/mol. The molecule has 0 saturated carbocycles. The van der Waals surface area contributed by atoms with Gasteiger partial charge in [0.2, 0.25) is 5.78 Å². The van der Waals surface area contributed by atoms with Gasteiger partial charge in [0, 0.05) is 27.8 Å². The molecule has 0 atom stereocenters. The lowest BCUT2D eigenvalue weighted by molar-refractivity contribution is -0.136. The maximum absolute atomic E-state index is 13.6. The van der Waals surface area contributed by atoms with Gasteiger partial charge in [-0.15, -0.1) is 0 Å². The molecule has 0 heterocycles. The van der Waals surface area contributed by atoms with Crippen molar-refractivity contribution in [2.24, 2.45) is 4.99 Å². The number of rotatable bonds is 9. The molecule has 206 valence electrons. The van der Waals surface area contributed by atoms with Gasteiger partial charge in [0.25, 0.3) is 0 Å². The monoisotopic (exact) mass is 609 g/mol. The van der Waals surface area contributed by atoms with Crippen LogP contribution in [0.15, 0.2) is 102 Å². The molecule has 41 heavy (non-hydrogen) atoms. The number of carbonyl (C=O) groups is 4. The molecule has 4 aromatic carbocycles. The Bertz CT molecular complexity index is 1580. The predicted molar refractivity (Wildman–Crippen MR) is 163 cm³/mol. The summed E-state index contributed by atoms with van der Waals surface area (Å²) in [5.41, 5.74) is 2.57. The van der Waals surface area contributed by atoms with E-state index >= 15 is 0 Å². The second-order valence-corrected chi connectivity index (χ2v) is 12.0. The van der Waals surface area contributed by atoms with Gasteiger partial charge in [-0.05, 0) is 69.7 Å². The Hall–Kier alpha value is -4.49. The normalized spacial score (nSPS) is 11.6. The van der Waals surface area contributed by atoms with Gasteiger partial charge in [-0.3, -0.25) is 19.2 Å². The van der Waals surface area contributed by atoms with E-state index in [4.69, 9.17) is 4.74 Å². The van der Waals surface area contributed by atoms with Crippen molar-refractivity contribution in [3.05, 3.63) is 130 Å². The van der Waals surface area contributed by atoms with Gasteiger partial charge >= 0.3 is 5.97 Å². The molecule has 0 spiro atoms. The lowest BCUT2D eigenvalue weighted by Gasteiger charge is -2.15. The van der Waals surface area contributed by atoms with Gasteiger partial charge in [-0.25, -0.2) is 4.99 Å². The van der Waals surface area contributed by atoms with E-state index in [9.17, 15) is 19.2 Å². The topological polar surface area (TPSA) is 89.9 Å². The first-order chi connectivity index (χ1) is 19.5. The van der Waals surface area contributed by atoms with Crippen LogP contribution < -0.4 is 4.74 Å². The molecule has 0 aliphatic rings. The molecule has 0 saturated heterocycles. The lowest BCUT2D eigenvalue weighted by atomic mass is 9.92. The minimum Gasteiger partial charge on any atom is -0.426 e. The van der Waals surface area contributed by atoms with Crippen molar-refractivity contribution in [3.8, 4) is 5.75 Å². The smallest absolute Gasteiger partial charge is 0.327 e. The molecule has 0 aliphatic carbocycles. The highest BCUT2D eigenvalue weighted by Gasteiger charge is 2.26. The number of hydrogen-bond acceptors (Lipinski definition) is 6. The van der Waals surface area contributed by atoms with Crippen molar-refractivity contribution < 1.29 is 23.9 Å². The number of nitrogens with zero attached hydrogens (tertiary/aromatic N) is 1. The number of ether oxygens (including phenoxy) is 1. The van der Waals surface area contributed by atoms with Crippen LogP contribution in [0.25, 0.3) is 0 Å². The Kier molecular flexibility index (Phi) is 8.89. The second kappa shape index (κ2) is 12.4. The molecule has 0 radical (unpaired) electrons. The molecule has 4 rings (SSSR count). The minimum absolute atomic E-state index is 0.0874. The molecular weight excluding hydrogens is 582 g/mol. The van der Waals surface area contributed by atoms with E-state index in [1.165, 1.54) is 31.2 Å². The summed E-state index contributed by atoms with van der Waals surface area (Å²) in [5, 5.41) is 0. The number of aryl methyl sites for hydroxylation is 1. The van der Waals surface area contributed by atoms with Crippen molar-refractivity contribution in [2.75, 3.05) is 0 Å². The Balaban J connectivity index is 1.77. The quantitative estimate of drug-likeness (QED) is 0.0644. The maximum atomic E-state index is 13.6. The molecular formula is C34H28BrNO5. The van der Waals surface area contributed by atoms with E-state index in [1.807, 2.05) is 12.1 Å². The molecule has 6 nitrogen and oxygen atoms in total. The van der Waals surface area contributed by atoms with Crippen LogP contribution in [-0.4, -0.2) is 33.4 Å². The Morgan fingerprint density at radius 1 is 0.707 bits per heavy atom. The van der Waals surface area contributed by atoms with Crippen molar-refractivity contribution in [1.82, 2.24) is 0 Å². The van der Waals surface area contributed by atoms with E-state index in [1.54, 1.807) is 81.4 Å². The van der Waals surface area contributed by atoms with Gasteiger partial charge in [-0.2, -0.15) is 0 Å². The van der Waals surface area contributed by atoms with E-state index in [2.05, 4.69) is 20.9 Å². The molecule has 4 aromatic rings. The van der Waals surface area contributed by atoms with E-state index in [0.29, 0.717) is 28.0 Å². The predicted octanol–water partition coefficient (Wildman–Crippen LogP) is 7.51. The number of benzene rings is 4. The Morgan fingerprint density at radius 2 is 1.17 bits per heavy atom. The van der Waals surface area contributed by atoms with E-state index in [-0.39, 0.29) is 34.1 Å². The van der Waals surface area contributed by atoms with Crippen LogP contribution >= 0.6 is 15.9 Å². The van der Waals surface area contributed by atoms with E-state index < -0.39 is 16.1 Å². The third kappa shape index (κ3) is 6.99. The van der Waals surface area contributed by atoms with Crippen LogP contribution in [0.1, 0.15) is 68.5 Å². The number of alkyl halides is 1. The number of esters is 1. The van der Waals surface area contributed by atoms with Crippen molar-refractivity contribution in [3.63, 3.8) is 0 Å². The summed E-state index contributed by atoms with van der Waals surface area (Å²) >= 11 is 3.26. The third-order valence-corrected chi connectivity index (χ3v) is 6.56. The highest BCUT2D eigenvalue weighted by molar-refractivity contribution is 9.10. The number of ketones is 3. The molecule has 0 unspecified atom stereocenters. The summed E-state index contributed by atoms with van der Waals surface area (Å²) in [6, 6.07) is 26.9. The van der Waals surface area contributed by atoms with Crippen molar-refractivity contribution in [2.45, 2.75) is 32.0 Å². The van der Waals surface area contributed by atoms with E-state index in [0.717, 1.165) is 0 Å². The van der Waals surface area contributed by atoms with Crippen LogP contribution in [0, 0.1) is 6.92 Å². The first-order valence-electron chi connectivity index (χ1n) is 12.9. The average Bonchev–Trinajstić information content (AvgIpc) is 2.97. The highest BCUT2D eigenvalue weighted by Crippen LogP contribution is 2.31. The fourth-order valence-corrected chi connectivity index (χ4v) is 4.15. The zero-order chi connectivity index (χ0) is 29.7. The van der Waals surface area contributed by atoms with Gasteiger partial charge in [-0.1, -0.05) is 76.6 Å². The first-order valence-corrected chi connectivity index (χ1v) is 13.7.